The summed E-state index contributed by atoms with van der Waals surface area (Å²) < 4.78 is 4.67. The predicted octanol–water partition coefficient (Wildman–Crippen LogP) is 2.80. The fourth-order valence-electron chi connectivity index (χ4n) is 2.61. The molecule has 0 unspecified atom stereocenters. The van der Waals surface area contributed by atoms with Gasteiger partial charge in [0.05, 0.1) is 17.7 Å². The molecule has 1 N–H and O–H groups in total. The first kappa shape index (κ1) is 16.8. The molecule has 1 aromatic carbocycles. The molecule has 1 saturated heterocycles. The SMILES string of the molecule is COC(=O)c1cc(NC(=O)CC2CCN(C)CC2)ccc1Cl. The van der Waals surface area contributed by atoms with Crippen LogP contribution in [0.2, 0.25) is 5.02 Å². The molecule has 1 amide bonds. The molecule has 1 heterocycles. The monoisotopic (exact) mass is 324 g/mol. The zero-order valence-electron chi connectivity index (χ0n) is 12.9. The average molecular weight is 325 g/mol. The number of rotatable bonds is 4. The molecule has 0 aliphatic carbocycles. The summed E-state index contributed by atoms with van der Waals surface area (Å²) in [5.74, 6) is -0.132. The highest BCUT2D eigenvalue weighted by molar-refractivity contribution is 6.33. The van der Waals surface area contributed by atoms with Gasteiger partial charge in [0.25, 0.3) is 0 Å². The number of ether oxygens (including phenoxy) is 1. The summed E-state index contributed by atoms with van der Waals surface area (Å²) in [6.07, 6.45) is 2.58. The summed E-state index contributed by atoms with van der Waals surface area (Å²) >= 11 is 5.96. The number of piperidine rings is 1. The third-order valence-corrected chi connectivity index (χ3v) is 4.30. The lowest BCUT2D eigenvalue weighted by Crippen LogP contribution is -2.31. The maximum absolute atomic E-state index is 12.1. The number of hydrogen-bond acceptors (Lipinski definition) is 4. The second-order valence-corrected chi connectivity index (χ2v) is 6.09. The van der Waals surface area contributed by atoms with Gasteiger partial charge in [0, 0.05) is 12.1 Å². The number of nitrogens with one attached hydrogen (secondary N) is 1. The van der Waals surface area contributed by atoms with Crippen LogP contribution in [0.1, 0.15) is 29.6 Å². The Hall–Kier alpha value is -1.59. The average Bonchev–Trinajstić information content (AvgIpc) is 2.50. The summed E-state index contributed by atoms with van der Waals surface area (Å²) in [5.41, 5.74) is 0.809. The van der Waals surface area contributed by atoms with Gasteiger partial charge in [-0.15, -0.1) is 0 Å². The van der Waals surface area contributed by atoms with Crippen molar-refractivity contribution >= 4 is 29.2 Å². The molecule has 0 spiro atoms. The summed E-state index contributed by atoms with van der Waals surface area (Å²) in [7, 11) is 3.39. The Morgan fingerprint density at radius 2 is 2.05 bits per heavy atom. The molecule has 22 heavy (non-hydrogen) atoms. The third-order valence-electron chi connectivity index (χ3n) is 3.97. The fraction of sp³-hybridized carbons (Fsp3) is 0.500. The van der Waals surface area contributed by atoms with Crippen molar-refractivity contribution in [2.75, 3.05) is 32.6 Å². The first-order valence-electron chi connectivity index (χ1n) is 7.36. The number of hydrogen-bond donors (Lipinski definition) is 1. The molecule has 0 saturated carbocycles. The highest BCUT2D eigenvalue weighted by Gasteiger charge is 2.20. The second kappa shape index (κ2) is 7.61. The van der Waals surface area contributed by atoms with Gasteiger partial charge in [-0.2, -0.15) is 0 Å². The van der Waals surface area contributed by atoms with Gasteiger partial charge in [-0.3, -0.25) is 4.79 Å². The summed E-state index contributed by atoms with van der Waals surface area (Å²) in [6.45, 7) is 2.07. The van der Waals surface area contributed by atoms with Gasteiger partial charge in [-0.25, -0.2) is 4.79 Å². The van der Waals surface area contributed by atoms with Gasteiger partial charge in [0.15, 0.2) is 0 Å². The summed E-state index contributed by atoms with van der Waals surface area (Å²) in [5, 5.41) is 3.13. The van der Waals surface area contributed by atoms with Crippen LogP contribution in [-0.4, -0.2) is 44.0 Å². The minimum absolute atomic E-state index is 0.0345. The normalized spacial score (nSPS) is 16.3. The first-order chi connectivity index (χ1) is 10.5. The van der Waals surface area contributed by atoms with E-state index >= 15 is 0 Å². The molecule has 0 radical (unpaired) electrons. The van der Waals surface area contributed by atoms with E-state index in [1.165, 1.54) is 7.11 Å². The summed E-state index contributed by atoms with van der Waals surface area (Å²) in [4.78, 5) is 26.0. The van der Waals surface area contributed by atoms with Crippen LogP contribution < -0.4 is 5.32 Å². The molecule has 0 aromatic heterocycles. The number of anilines is 1. The van der Waals surface area contributed by atoms with Crippen LogP contribution in [-0.2, 0) is 9.53 Å². The van der Waals surface area contributed by atoms with Crippen molar-refractivity contribution in [3.05, 3.63) is 28.8 Å². The standard InChI is InChI=1S/C16H21ClN2O3/c1-19-7-5-11(6-8-19)9-15(20)18-12-3-4-14(17)13(10-12)16(21)22-2/h3-4,10-11H,5-9H2,1-2H3,(H,18,20). The van der Waals surface area contributed by atoms with Crippen LogP contribution in [0.3, 0.4) is 0 Å². The van der Waals surface area contributed by atoms with Crippen LogP contribution in [0.25, 0.3) is 0 Å². The highest BCUT2D eigenvalue weighted by atomic mass is 35.5. The minimum Gasteiger partial charge on any atom is -0.465 e. The Labute approximate surface area is 135 Å². The fourth-order valence-corrected chi connectivity index (χ4v) is 2.80. The van der Waals surface area contributed by atoms with Crippen molar-refractivity contribution in [3.63, 3.8) is 0 Å². The van der Waals surface area contributed by atoms with E-state index in [1.54, 1.807) is 18.2 Å². The number of carbonyl (C=O) groups excluding carboxylic acids is 2. The number of amides is 1. The quantitative estimate of drug-likeness (QED) is 0.865. The number of esters is 1. The molecule has 1 aromatic rings. The van der Waals surface area contributed by atoms with E-state index in [0.29, 0.717) is 23.0 Å². The summed E-state index contributed by atoms with van der Waals surface area (Å²) in [6, 6.07) is 4.81. The van der Waals surface area contributed by atoms with Crippen molar-refractivity contribution in [1.29, 1.82) is 0 Å². The lowest BCUT2D eigenvalue weighted by atomic mass is 9.93. The van der Waals surface area contributed by atoms with Crippen molar-refractivity contribution in [1.82, 2.24) is 4.90 Å². The van der Waals surface area contributed by atoms with E-state index in [-0.39, 0.29) is 11.5 Å². The van der Waals surface area contributed by atoms with E-state index < -0.39 is 5.97 Å². The highest BCUT2D eigenvalue weighted by Crippen LogP contribution is 2.23. The number of carbonyl (C=O) groups is 2. The molecule has 1 aliphatic rings. The Morgan fingerprint density at radius 3 is 2.68 bits per heavy atom. The lowest BCUT2D eigenvalue weighted by Gasteiger charge is -2.28. The Kier molecular flexibility index (Phi) is 5.80. The second-order valence-electron chi connectivity index (χ2n) is 5.69. The number of likely N-dealkylation sites (tertiary alicyclic amines) is 1. The van der Waals surface area contributed by atoms with Gasteiger partial charge < -0.3 is 15.0 Å². The van der Waals surface area contributed by atoms with Crippen LogP contribution in [0.5, 0.6) is 0 Å². The van der Waals surface area contributed by atoms with Crippen LogP contribution in [0.4, 0.5) is 5.69 Å². The van der Waals surface area contributed by atoms with E-state index in [1.807, 2.05) is 0 Å². The van der Waals surface area contributed by atoms with Gasteiger partial charge >= 0.3 is 5.97 Å². The molecule has 120 valence electrons. The number of methoxy groups -OCH3 is 1. The first-order valence-corrected chi connectivity index (χ1v) is 7.73. The molecular weight excluding hydrogens is 304 g/mol. The molecule has 0 bridgehead atoms. The topological polar surface area (TPSA) is 58.6 Å². The molecule has 2 rings (SSSR count). The molecule has 1 fully saturated rings. The number of benzene rings is 1. The van der Waals surface area contributed by atoms with Crippen molar-refractivity contribution in [2.45, 2.75) is 19.3 Å². The van der Waals surface area contributed by atoms with E-state index in [9.17, 15) is 9.59 Å². The van der Waals surface area contributed by atoms with Gasteiger partial charge in [-0.05, 0) is 57.1 Å². The van der Waals surface area contributed by atoms with E-state index in [4.69, 9.17) is 11.6 Å². The smallest absolute Gasteiger partial charge is 0.339 e. The van der Waals surface area contributed by atoms with Crippen LogP contribution in [0, 0.1) is 5.92 Å². The van der Waals surface area contributed by atoms with Gasteiger partial charge in [-0.1, -0.05) is 11.6 Å². The minimum atomic E-state index is -0.517. The largest absolute Gasteiger partial charge is 0.465 e. The van der Waals surface area contributed by atoms with Crippen LogP contribution >= 0.6 is 11.6 Å². The zero-order chi connectivity index (χ0) is 16.1. The Balaban J connectivity index is 1.95. The molecule has 6 heteroatoms. The Bertz CT molecular complexity index is 554. The predicted molar refractivity (Wildman–Crippen MR) is 86.3 cm³/mol. The number of halogens is 1. The molecule has 5 nitrogen and oxygen atoms in total. The number of nitrogens with zero attached hydrogens (tertiary/aromatic N) is 1. The molecule has 0 atom stereocenters. The van der Waals surface area contributed by atoms with Crippen molar-refractivity contribution in [2.24, 2.45) is 5.92 Å². The van der Waals surface area contributed by atoms with Crippen molar-refractivity contribution in [3.8, 4) is 0 Å². The molecular formula is C16H21ClN2O3. The van der Waals surface area contributed by atoms with Gasteiger partial charge in [0.2, 0.25) is 5.91 Å². The zero-order valence-corrected chi connectivity index (χ0v) is 13.7. The van der Waals surface area contributed by atoms with Crippen molar-refractivity contribution < 1.29 is 14.3 Å². The van der Waals surface area contributed by atoms with E-state index in [0.717, 1.165) is 25.9 Å². The van der Waals surface area contributed by atoms with Gasteiger partial charge in [0.1, 0.15) is 0 Å². The maximum atomic E-state index is 12.1. The Morgan fingerprint density at radius 1 is 1.36 bits per heavy atom. The third kappa shape index (κ3) is 4.45. The maximum Gasteiger partial charge on any atom is 0.339 e. The van der Waals surface area contributed by atoms with E-state index in [2.05, 4.69) is 22.0 Å². The molecule has 1 aliphatic heterocycles. The van der Waals surface area contributed by atoms with Crippen LogP contribution in [0.15, 0.2) is 18.2 Å². The lowest BCUT2D eigenvalue weighted by molar-refractivity contribution is -0.117.